The average Bonchev–Trinajstić information content (AvgIpc) is 2.86. The maximum Gasteiger partial charge on any atom is 0.406 e. The van der Waals surface area contributed by atoms with Crippen molar-refractivity contribution in [1.82, 2.24) is 4.57 Å². The van der Waals surface area contributed by atoms with Crippen LogP contribution < -0.4 is 9.47 Å². The molecule has 26 heavy (non-hydrogen) atoms. The molecule has 0 saturated heterocycles. The summed E-state index contributed by atoms with van der Waals surface area (Å²) in [4.78, 5) is 12.4. The molecule has 0 atom stereocenters. The van der Waals surface area contributed by atoms with Crippen molar-refractivity contribution in [2.45, 2.75) is 26.6 Å². The summed E-state index contributed by atoms with van der Waals surface area (Å²) in [5, 5.41) is 8.87. The van der Waals surface area contributed by atoms with Gasteiger partial charge >= 0.3 is 6.18 Å². The van der Waals surface area contributed by atoms with Crippen molar-refractivity contribution in [3.05, 3.63) is 46.8 Å². The average molecular weight is 366 g/mol. The zero-order chi connectivity index (χ0) is 19.5. The molecule has 138 valence electrons. The van der Waals surface area contributed by atoms with Gasteiger partial charge in [0, 0.05) is 23.0 Å². The summed E-state index contributed by atoms with van der Waals surface area (Å²) in [5.41, 5.74) is 1.13. The number of nitrogens with zero attached hydrogens (tertiary/aromatic N) is 2. The van der Waals surface area contributed by atoms with Crippen LogP contribution in [0.15, 0.2) is 24.3 Å². The fourth-order valence-electron chi connectivity index (χ4n) is 2.58. The van der Waals surface area contributed by atoms with E-state index in [2.05, 4.69) is 0 Å². The van der Waals surface area contributed by atoms with Crippen LogP contribution in [0.4, 0.5) is 13.2 Å². The number of alkyl halides is 3. The maximum atomic E-state index is 12.7. The van der Waals surface area contributed by atoms with E-state index in [9.17, 15) is 18.0 Å². The third-order valence-corrected chi connectivity index (χ3v) is 3.86. The number of carbonyl (C=O) groups excluding carboxylic acids is 1. The zero-order valence-electron chi connectivity index (χ0n) is 14.5. The fraction of sp³-hybridized carbons (Fsp3) is 0.333. The quantitative estimate of drug-likeness (QED) is 0.730. The highest BCUT2D eigenvalue weighted by Crippen LogP contribution is 2.28. The smallest absolute Gasteiger partial charge is 0.406 e. The number of nitriles is 1. The summed E-state index contributed by atoms with van der Waals surface area (Å²) in [7, 11) is 1.40. The molecule has 0 unspecified atom stereocenters. The van der Waals surface area contributed by atoms with E-state index in [0.29, 0.717) is 17.0 Å². The van der Waals surface area contributed by atoms with Crippen LogP contribution >= 0.6 is 0 Å². The van der Waals surface area contributed by atoms with Gasteiger partial charge in [-0.3, -0.25) is 4.79 Å². The van der Waals surface area contributed by atoms with Crippen molar-refractivity contribution in [3.8, 4) is 17.6 Å². The lowest BCUT2D eigenvalue weighted by Gasteiger charge is -2.13. The van der Waals surface area contributed by atoms with Crippen molar-refractivity contribution in [1.29, 1.82) is 5.26 Å². The Bertz CT molecular complexity index is 864. The van der Waals surface area contributed by atoms with Gasteiger partial charge in [0.05, 0.1) is 18.7 Å². The molecule has 8 heteroatoms. The van der Waals surface area contributed by atoms with Crippen LogP contribution in [0, 0.1) is 25.2 Å². The molecule has 2 aromatic rings. The summed E-state index contributed by atoms with van der Waals surface area (Å²) in [6, 6.07) is 7.85. The second kappa shape index (κ2) is 7.52. The van der Waals surface area contributed by atoms with Crippen LogP contribution in [0.1, 0.15) is 27.3 Å². The van der Waals surface area contributed by atoms with E-state index in [1.54, 1.807) is 0 Å². The zero-order valence-corrected chi connectivity index (χ0v) is 14.5. The third kappa shape index (κ3) is 4.36. The fourth-order valence-corrected chi connectivity index (χ4v) is 2.58. The number of carbonyl (C=O) groups is 1. The lowest BCUT2D eigenvalue weighted by atomic mass is 10.1. The minimum atomic E-state index is -4.37. The van der Waals surface area contributed by atoms with E-state index < -0.39 is 18.5 Å². The topological polar surface area (TPSA) is 64.2 Å². The van der Waals surface area contributed by atoms with Gasteiger partial charge in [-0.05, 0) is 32.0 Å². The molecule has 5 nitrogen and oxygen atoms in total. The lowest BCUT2D eigenvalue weighted by molar-refractivity contribution is -0.141. The van der Waals surface area contributed by atoms with Crippen molar-refractivity contribution in [2.24, 2.45) is 0 Å². The molecule has 0 aliphatic heterocycles. The summed E-state index contributed by atoms with van der Waals surface area (Å²) >= 11 is 0. The molecule has 0 fully saturated rings. The van der Waals surface area contributed by atoms with Crippen molar-refractivity contribution < 1.29 is 27.4 Å². The molecular weight excluding hydrogens is 349 g/mol. The van der Waals surface area contributed by atoms with Crippen LogP contribution in [0.25, 0.3) is 0 Å². The lowest BCUT2D eigenvalue weighted by Crippen LogP contribution is -2.20. The molecule has 0 radical (unpaired) electrons. The molecule has 1 heterocycles. The summed E-state index contributed by atoms with van der Waals surface area (Å²) in [6.45, 7) is 1.47. The second-order valence-electron chi connectivity index (χ2n) is 5.68. The largest absolute Gasteiger partial charge is 0.493 e. The highest BCUT2D eigenvalue weighted by molar-refractivity contribution is 5.98. The highest BCUT2D eigenvalue weighted by atomic mass is 19.4. The predicted molar refractivity (Wildman–Crippen MR) is 87.5 cm³/mol. The van der Waals surface area contributed by atoms with Gasteiger partial charge in [-0.25, -0.2) is 0 Å². The van der Waals surface area contributed by atoms with Gasteiger partial charge in [0.25, 0.3) is 0 Å². The standard InChI is InChI=1S/C18H17F3N2O3/c1-11-6-14(12(2)23(11)10-18(19,20)21)15(24)9-26-16-5-4-13(8-22)7-17(16)25-3/h4-7H,9-10H2,1-3H3. The summed E-state index contributed by atoms with van der Waals surface area (Å²) in [5.74, 6) is 0.112. The van der Waals surface area contributed by atoms with E-state index in [1.807, 2.05) is 6.07 Å². The van der Waals surface area contributed by atoms with E-state index in [-0.39, 0.29) is 23.6 Å². The Balaban J connectivity index is 2.17. The molecule has 0 aliphatic carbocycles. The number of methoxy groups -OCH3 is 1. The number of aromatic nitrogens is 1. The minimum Gasteiger partial charge on any atom is -0.493 e. The molecule has 0 bridgehead atoms. The van der Waals surface area contributed by atoms with Crippen LogP contribution in [0.5, 0.6) is 11.5 Å². The van der Waals surface area contributed by atoms with E-state index >= 15 is 0 Å². The molecular formula is C18H17F3N2O3. The van der Waals surface area contributed by atoms with Crippen LogP contribution in [-0.4, -0.2) is 30.2 Å². The Labute approximate surface area is 148 Å². The maximum absolute atomic E-state index is 12.7. The van der Waals surface area contributed by atoms with E-state index in [1.165, 1.54) is 45.2 Å². The number of ether oxygens (including phenoxy) is 2. The number of benzene rings is 1. The van der Waals surface area contributed by atoms with Crippen LogP contribution in [-0.2, 0) is 6.54 Å². The highest BCUT2D eigenvalue weighted by Gasteiger charge is 2.30. The molecule has 0 aliphatic rings. The van der Waals surface area contributed by atoms with Crippen molar-refractivity contribution in [3.63, 3.8) is 0 Å². The molecule has 2 rings (SSSR count). The van der Waals surface area contributed by atoms with Gasteiger partial charge in [-0.15, -0.1) is 0 Å². The number of ketones is 1. The Morgan fingerprint density at radius 2 is 1.92 bits per heavy atom. The van der Waals surface area contributed by atoms with Gasteiger partial charge in [0.15, 0.2) is 18.1 Å². The summed E-state index contributed by atoms with van der Waals surface area (Å²) < 4.78 is 49.6. The first-order valence-electron chi connectivity index (χ1n) is 7.64. The number of aryl methyl sites for hydroxylation is 1. The predicted octanol–water partition coefficient (Wildman–Crippen LogP) is 3.81. The van der Waals surface area contributed by atoms with Crippen LogP contribution in [0.2, 0.25) is 0 Å². The molecule has 0 N–H and O–H groups in total. The van der Waals surface area contributed by atoms with Gasteiger partial charge < -0.3 is 14.0 Å². The van der Waals surface area contributed by atoms with Crippen molar-refractivity contribution in [2.75, 3.05) is 13.7 Å². The van der Waals surface area contributed by atoms with Crippen LogP contribution in [0.3, 0.4) is 0 Å². The molecule has 1 aromatic carbocycles. The molecule has 0 amide bonds. The first kappa shape index (κ1) is 19.4. The number of hydrogen-bond acceptors (Lipinski definition) is 4. The van der Waals surface area contributed by atoms with Crippen molar-refractivity contribution >= 4 is 5.78 Å². The van der Waals surface area contributed by atoms with Gasteiger partial charge in [0.1, 0.15) is 6.54 Å². The van der Waals surface area contributed by atoms with E-state index in [0.717, 1.165) is 4.57 Å². The Kier molecular flexibility index (Phi) is 5.60. The summed E-state index contributed by atoms with van der Waals surface area (Å²) in [6.07, 6.45) is -4.37. The number of hydrogen-bond donors (Lipinski definition) is 0. The number of halogens is 3. The SMILES string of the molecule is COc1cc(C#N)ccc1OCC(=O)c1cc(C)n(CC(F)(F)F)c1C. The molecule has 1 aromatic heterocycles. The Morgan fingerprint density at radius 3 is 2.50 bits per heavy atom. The van der Waals surface area contributed by atoms with E-state index in [4.69, 9.17) is 14.7 Å². The minimum absolute atomic E-state index is 0.180. The van der Waals surface area contributed by atoms with Gasteiger partial charge in [-0.2, -0.15) is 18.4 Å². The Hall–Kier alpha value is -2.95. The number of rotatable bonds is 6. The normalized spacial score (nSPS) is 11.1. The second-order valence-corrected chi connectivity index (χ2v) is 5.68. The first-order valence-corrected chi connectivity index (χ1v) is 7.64. The van der Waals surface area contributed by atoms with Gasteiger partial charge in [-0.1, -0.05) is 0 Å². The molecule has 0 spiro atoms. The monoisotopic (exact) mass is 366 g/mol. The third-order valence-electron chi connectivity index (χ3n) is 3.86. The van der Waals surface area contributed by atoms with Gasteiger partial charge in [0.2, 0.25) is 5.78 Å². The number of Topliss-reactive ketones (excluding diaryl/α,β-unsaturated/α-hetero) is 1. The first-order chi connectivity index (χ1) is 12.2. The Morgan fingerprint density at radius 1 is 1.23 bits per heavy atom. The molecule has 0 saturated carbocycles.